The van der Waals surface area contributed by atoms with Crippen LogP contribution in [0.3, 0.4) is 0 Å². The molecule has 3 amide bonds. The van der Waals surface area contributed by atoms with Crippen molar-refractivity contribution in [3.05, 3.63) is 0 Å². The lowest BCUT2D eigenvalue weighted by Crippen LogP contribution is -2.66. The normalized spacial score (nSPS) is 14.3. The van der Waals surface area contributed by atoms with Crippen LogP contribution in [-0.2, 0) is 38.2 Å². The molecule has 0 aliphatic rings. The molecule has 0 radical (unpaired) electrons. The van der Waals surface area contributed by atoms with Crippen molar-refractivity contribution >= 4 is 35.6 Å². The summed E-state index contributed by atoms with van der Waals surface area (Å²) in [5.41, 5.74) is 9.90. The standard InChI is InChI=1S/C46H86N4O10/c1-5-7-9-11-13-15-17-19-21-23-25-27-29-31-40(53)59-38(35-51)42(60-41(54)32-30-28-26-24-22-20-18-16-14-12-10-8-6-2)46(4,48)45(58)50-37(43(47)55)33-34-39(52)49-36(3)44(56)57/h36-38,42,51H,5-35,48H2,1-4H3,(H2,47,55)(H,49,52)(H,50,58)(H,56,57)/t36-,37+,38-,42?,46+/m0/s1. The molecule has 8 N–H and O–H groups in total. The Morgan fingerprint density at radius 2 is 0.950 bits per heavy atom. The Bertz CT molecular complexity index is 1180. The molecule has 0 aliphatic carbocycles. The number of hydrogen-bond donors (Lipinski definition) is 6. The summed E-state index contributed by atoms with van der Waals surface area (Å²) in [6.45, 7) is 6.15. The van der Waals surface area contributed by atoms with E-state index in [0.717, 1.165) is 51.4 Å². The Morgan fingerprint density at radius 1 is 0.583 bits per heavy atom. The van der Waals surface area contributed by atoms with Gasteiger partial charge in [-0.05, 0) is 33.1 Å². The molecule has 14 nitrogen and oxygen atoms in total. The van der Waals surface area contributed by atoms with Gasteiger partial charge in [0.05, 0.1) is 6.61 Å². The lowest BCUT2D eigenvalue weighted by molar-refractivity contribution is -0.179. The third-order valence-corrected chi connectivity index (χ3v) is 11.2. The number of carboxylic acid groups (broad SMARTS) is 1. The maximum absolute atomic E-state index is 13.7. The van der Waals surface area contributed by atoms with E-state index in [4.69, 9.17) is 26.0 Å². The van der Waals surface area contributed by atoms with Crippen LogP contribution in [0.15, 0.2) is 0 Å². The number of aliphatic hydroxyl groups is 1. The SMILES string of the molecule is CCCCCCCCCCCCCCCC(=O)OC([C@H](CO)OC(=O)CCCCCCCCCCCCCCC)[C@@](C)(N)C(=O)N[C@H](CCC(=O)N[C@@H](C)C(=O)O)C(N)=O. The molecular formula is C46H86N4O10. The Hall–Kier alpha value is -3.26. The number of primary amides is 1. The first-order chi connectivity index (χ1) is 28.7. The minimum atomic E-state index is -2.14. The van der Waals surface area contributed by atoms with Crippen molar-refractivity contribution in [2.75, 3.05) is 6.61 Å². The van der Waals surface area contributed by atoms with Gasteiger partial charge in [-0.1, -0.05) is 168 Å². The minimum absolute atomic E-state index is 0.0187. The highest BCUT2D eigenvalue weighted by Gasteiger charge is 2.47. The Balaban J connectivity index is 5.32. The van der Waals surface area contributed by atoms with Gasteiger partial charge in [0.25, 0.3) is 0 Å². The Kier molecular flexibility index (Phi) is 34.4. The van der Waals surface area contributed by atoms with Crippen LogP contribution in [0.5, 0.6) is 0 Å². The van der Waals surface area contributed by atoms with E-state index >= 15 is 0 Å². The van der Waals surface area contributed by atoms with Crippen molar-refractivity contribution < 1.29 is 48.5 Å². The third kappa shape index (κ3) is 29.1. The third-order valence-electron chi connectivity index (χ3n) is 11.2. The highest BCUT2D eigenvalue weighted by Crippen LogP contribution is 2.22. The summed E-state index contributed by atoms with van der Waals surface area (Å²) in [6, 6.07) is -2.58. The number of aliphatic hydroxyl groups excluding tert-OH is 1. The fraction of sp³-hybridized carbons (Fsp3) is 0.870. The average molecular weight is 855 g/mol. The van der Waals surface area contributed by atoms with E-state index in [0.29, 0.717) is 12.8 Å². The summed E-state index contributed by atoms with van der Waals surface area (Å²) in [5.74, 6) is -5.25. The molecule has 0 fully saturated rings. The van der Waals surface area contributed by atoms with Crippen molar-refractivity contribution in [1.29, 1.82) is 0 Å². The van der Waals surface area contributed by atoms with Crippen molar-refractivity contribution in [2.45, 2.75) is 250 Å². The number of esters is 2. The van der Waals surface area contributed by atoms with Gasteiger partial charge in [0.1, 0.15) is 17.6 Å². The number of carboxylic acids is 1. The molecule has 0 saturated heterocycles. The van der Waals surface area contributed by atoms with Crippen LogP contribution >= 0.6 is 0 Å². The number of hydrogen-bond acceptors (Lipinski definition) is 10. The van der Waals surface area contributed by atoms with Crippen LogP contribution in [0.2, 0.25) is 0 Å². The largest absolute Gasteiger partial charge is 0.480 e. The van der Waals surface area contributed by atoms with Gasteiger partial charge in [0.15, 0.2) is 12.2 Å². The second-order valence-electron chi connectivity index (χ2n) is 17.0. The summed E-state index contributed by atoms with van der Waals surface area (Å²) in [5, 5.41) is 24.1. The molecule has 1 unspecified atom stereocenters. The van der Waals surface area contributed by atoms with E-state index < -0.39 is 72.1 Å². The van der Waals surface area contributed by atoms with E-state index in [1.54, 1.807) is 0 Å². The first kappa shape index (κ1) is 56.7. The molecule has 0 bridgehead atoms. The summed E-state index contributed by atoms with van der Waals surface area (Å²) in [6.07, 6.45) is 25.9. The molecule has 0 aromatic rings. The Morgan fingerprint density at radius 3 is 1.30 bits per heavy atom. The molecule has 0 aromatic heterocycles. The topological polar surface area (TPSA) is 237 Å². The molecule has 14 heteroatoms. The first-order valence-corrected chi connectivity index (χ1v) is 23.6. The van der Waals surface area contributed by atoms with Crippen LogP contribution in [0.25, 0.3) is 0 Å². The van der Waals surface area contributed by atoms with Crippen molar-refractivity contribution in [3.63, 3.8) is 0 Å². The highest BCUT2D eigenvalue weighted by molar-refractivity contribution is 5.92. The molecule has 0 heterocycles. The second-order valence-corrected chi connectivity index (χ2v) is 17.0. The van der Waals surface area contributed by atoms with Crippen molar-refractivity contribution in [2.24, 2.45) is 11.5 Å². The zero-order valence-electron chi connectivity index (χ0n) is 38.0. The Labute approximate surface area is 362 Å². The maximum Gasteiger partial charge on any atom is 0.325 e. The van der Waals surface area contributed by atoms with Crippen LogP contribution in [-0.4, -0.2) is 82.3 Å². The average Bonchev–Trinajstić information content (AvgIpc) is 3.20. The summed E-state index contributed by atoms with van der Waals surface area (Å²) in [7, 11) is 0. The second kappa shape index (κ2) is 36.4. The highest BCUT2D eigenvalue weighted by atomic mass is 16.6. The molecule has 350 valence electrons. The smallest absolute Gasteiger partial charge is 0.325 e. The first-order valence-electron chi connectivity index (χ1n) is 23.6. The fourth-order valence-corrected chi connectivity index (χ4v) is 7.16. The molecular weight excluding hydrogens is 769 g/mol. The predicted molar refractivity (Wildman–Crippen MR) is 236 cm³/mol. The van der Waals surface area contributed by atoms with Crippen LogP contribution in [0, 0.1) is 0 Å². The van der Waals surface area contributed by atoms with Crippen LogP contribution < -0.4 is 22.1 Å². The van der Waals surface area contributed by atoms with E-state index in [2.05, 4.69) is 24.5 Å². The van der Waals surface area contributed by atoms with Gasteiger partial charge in [-0.15, -0.1) is 0 Å². The van der Waals surface area contributed by atoms with Crippen molar-refractivity contribution in [3.8, 4) is 0 Å². The van der Waals surface area contributed by atoms with Crippen LogP contribution in [0.1, 0.15) is 220 Å². The molecule has 0 aliphatic heterocycles. The number of unbranched alkanes of at least 4 members (excludes halogenated alkanes) is 24. The van der Waals surface area contributed by atoms with Gasteiger partial charge in [0, 0.05) is 19.3 Å². The van der Waals surface area contributed by atoms with Gasteiger partial charge in [0.2, 0.25) is 17.7 Å². The number of carbonyl (C=O) groups excluding carboxylic acids is 5. The van der Waals surface area contributed by atoms with E-state index in [-0.39, 0.29) is 25.7 Å². The molecule has 60 heavy (non-hydrogen) atoms. The number of ether oxygens (including phenoxy) is 2. The number of rotatable bonds is 41. The zero-order chi connectivity index (χ0) is 45.0. The molecule has 0 aromatic carbocycles. The number of nitrogens with two attached hydrogens (primary N) is 2. The number of aliphatic carboxylic acids is 1. The lowest BCUT2D eigenvalue weighted by Gasteiger charge is -2.37. The van der Waals surface area contributed by atoms with E-state index in [9.17, 15) is 33.9 Å². The minimum Gasteiger partial charge on any atom is -0.480 e. The molecule has 0 spiro atoms. The van der Waals surface area contributed by atoms with E-state index in [1.807, 2.05) is 0 Å². The monoisotopic (exact) mass is 855 g/mol. The van der Waals surface area contributed by atoms with Crippen molar-refractivity contribution in [1.82, 2.24) is 10.6 Å². The molecule has 0 saturated carbocycles. The van der Waals surface area contributed by atoms with Gasteiger partial charge in [-0.2, -0.15) is 0 Å². The van der Waals surface area contributed by atoms with Crippen LogP contribution in [0.4, 0.5) is 0 Å². The van der Waals surface area contributed by atoms with Gasteiger partial charge in [-0.3, -0.25) is 28.8 Å². The van der Waals surface area contributed by atoms with Gasteiger partial charge < -0.3 is 41.8 Å². The van der Waals surface area contributed by atoms with Gasteiger partial charge >= 0.3 is 17.9 Å². The zero-order valence-corrected chi connectivity index (χ0v) is 38.0. The summed E-state index contributed by atoms with van der Waals surface area (Å²) in [4.78, 5) is 75.5. The van der Waals surface area contributed by atoms with E-state index in [1.165, 1.54) is 117 Å². The quantitative estimate of drug-likeness (QED) is 0.0256. The number of carbonyl (C=O) groups is 6. The predicted octanol–water partition coefficient (Wildman–Crippen LogP) is 7.82. The number of nitrogens with one attached hydrogen (secondary N) is 2. The summed E-state index contributed by atoms with van der Waals surface area (Å²) >= 11 is 0. The fourth-order valence-electron chi connectivity index (χ4n) is 7.16. The molecule has 0 rings (SSSR count). The summed E-state index contributed by atoms with van der Waals surface area (Å²) < 4.78 is 11.3. The number of amides is 3. The lowest BCUT2D eigenvalue weighted by atomic mass is 9.89. The maximum atomic E-state index is 13.7. The molecule has 5 atom stereocenters. The van der Waals surface area contributed by atoms with Gasteiger partial charge in [-0.25, -0.2) is 0 Å².